The Morgan fingerprint density at radius 1 is 1.33 bits per heavy atom. The van der Waals surface area contributed by atoms with Crippen molar-refractivity contribution in [2.24, 2.45) is 0 Å². The maximum Gasteiger partial charge on any atom is 0.143 e. The third kappa shape index (κ3) is 1.79. The molecule has 0 saturated heterocycles. The Morgan fingerprint density at radius 3 is 2.80 bits per heavy atom. The lowest BCUT2D eigenvalue weighted by Gasteiger charge is -2.13. The molecule has 4 nitrogen and oxygen atoms in total. The Morgan fingerprint density at radius 2 is 2.13 bits per heavy atom. The van der Waals surface area contributed by atoms with Gasteiger partial charge in [0.25, 0.3) is 0 Å². The lowest BCUT2D eigenvalue weighted by atomic mass is 10.3. The molecule has 0 saturated carbocycles. The van der Waals surface area contributed by atoms with Crippen LogP contribution in [0.15, 0.2) is 12.3 Å². The van der Waals surface area contributed by atoms with Crippen LogP contribution in [0.5, 0.6) is 0 Å². The topological polar surface area (TPSA) is 44.8 Å². The third-order valence-electron chi connectivity index (χ3n) is 2.34. The molecule has 80 valence electrons. The summed E-state index contributed by atoms with van der Waals surface area (Å²) in [7, 11) is 4.01. The zero-order valence-corrected chi connectivity index (χ0v) is 9.41. The van der Waals surface area contributed by atoms with E-state index in [4.69, 9.17) is 0 Å². The van der Waals surface area contributed by atoms with Crippen LogP contribution in [-0.4, -0.2) is 29.0 Å². The van der Waals surface area contributed by atoms with Gasteiger partial charge in [-0.1, -0.05) is 6.92 Å². The molecule has 0 atom stereocenters. The zero-order chi connectivity index (χ0) is 10.8. The van der Waals surface area contributed by atoms with Crippen LogP contribution in [0.3, 0.4) is 0 Å². The van der Waals surface area contributed by atoms with Gasteiger partial charge in [-0.2, -0.15) is 0 Å². The van der Waals surface area contributed by atoms with Gasteiger partial charge in [0.2, 0.25) is 0 Å². The van der Waals surface area contributed by atoms with Crippen LogP contribution in [0.25, 0.3) is 11.0 Å². The van der Waals surface area contributed by atoms with Gasteiger partial charge >= 0.3 is 0 Å². The van der Waals surface area contributed by atoms with Gasteiger partial charge in [-0.05, 0) is 12.5 Å². The highest BCUT2D eigenvalue weighted by atomic mass is 15.2. The van der Waals surface area contributed by atoms with Crippen molar-refractivity contribution in [1.82, 2.24) is 15.0 Å². The fourth-order valence-corrected chi connectivity index (χ4v) is 1.65. The van der Waals surface area contributed by atoms with E-state index in [1.165, 1.54) is 0 Å². The van der Waals surface area contributed by atoms with Gasteiger partial charge in [0.05, 0.1) is 5.39 Å². The smallest absolute Gasteiger partial charge is 0.143 e. The highest BCUT2D eigenvalue weighted by Crippen LogP contribution is 2.21. The van der Waals surface area contributed by atoms with E-state index in [1.807, 2.05) is 31.3 Å². The molecule has 0 unspecified atom stereocenters. The molecule has 1 N–H and O–H groups in total. The highest BCUT2D eigenvalue weighted by molar-refractivity contribution is 5.87. The Bertz CT molecular complexity index is 459. The largest absolute Gasteiger partial charge is 0.362 e. The number of nitrogens with zero attached hydrogens (tertiary/aromatic N) is 3. The SMILES string of the molecule is CCCc1nc(N(C)C)c2cc[nH]c2n1. The minimum atomic E-state index is 0.913. The molecule has 0 radical (unpaired) electrons. The number of hydrogen-bond acceptors (Lipinski definition) is 3. The first-order valence-electron chi connectivity index (χ1n) is 5.23. The molecule has 2 aromatic heterocycles. The first-order chi connectivity index (χ1) is 7.22. The van der Waals surface area contributed by atoms with E-state index in [2.05, 4.69) is 21.9 Å². The maximum atomic E-state index is 4.56. The van der Waals surface area contributed by atoms with Crippen molar-refractivity contribution < 1.29 is 0 Å². The highest BCUT2D eigenvalue weighted by Gasteiger charge is 2.09. The fraction of sp³-hybridized carbons (Fsp3) is 0.455. The summed E-state index contributed by atoms with van der Waals surface area (Å²) in [4.78, 5) is 14.2. The monoisotopic (exact) mass is 204 g/mol. The summed E-state index contributed by atoms with van der Waals surface area (Å²) in [5.41, 5.74) is 0.928. The number of nitrogens with one attached hydrogen (secondary N) is 1. The van der Waals surface area contributed by atoms with E-state index >= 15 is 0 Å². The van der Waals surface area contributed by atoms with Crippen molar-refractivity contribution in [3.63, 3.8) is 0 Å². The fourth-order valence-electron chi connectivity index (χ4n) is 1.65. The summed E-state index contributed by atoms with van der Waals surface area (Å²) in [6.45, 7) is 2.14. The molecule has 4 heteroatoms. The van der Waals surface area contributed by atoms with Crippen molar-refractivity contribution >= 4 is 16.9 Å². The first kappa shape index (κ1) is 9.96. The Labute approximate surface area is 89.3 Å². The second kappa shape index (κ2) is 3.88. The summed E-state index contributed by atoms with van der Waals surface area (Å²) < 4.78 is 0. The minimum absolute atomic E-state index is 0.913. The predicted octanol–water partition coefficient (Wildman–Crippen LogP) is 1.98. The van der Waals surface area contributed by atoms with Crippen molar-refractivity contribution in [1.29, 1.82) is 0 Å². The van der Waals surface area contributed by atoms with Crippen LogP contribution >= 0.6 is 0 Å². The summed E-state index contributed by atoms with van der Waals surface area (Å²) in [5, 5.41) is 1.08. The first-order valence-corrected chi connectivity index (χ1v) is 5.23. The van der Waals surface area contributed by atoms with E-state index in [1.54, 1.807) is 0 Å². The van der Waals surface area contributed by atoms with Gasteiger partial charge in [-0.3, -0.25) is 0 Å². The Hall–Kier alpha value is -1.58. The minimum Gasteiger partial charge on any atom is -0.362 e. The Kier molecular flexibility index (Phi) is 2.58. The zero-order valence-electron chi connectivity index (χ0n) is 9.41. The lowest BCUT2D eigenvalue weighted by molar-refractivity contribution is 0.837. The molecule has 0 aromatic carbocycles. The van der Waals surface area contributed by atoms with E-state index in [9.17, 15) is 0 Å². The van der Waals surface area contributed by atoms with E-state index < -0.39 is 0 Å². The number of hydrogen-bond donors (Lipinski definition) is 1. The molecule has 0 aliphatic heterocycles. The molecule has 0 fully saturated rings. The van der Waals surface area contributed by atoms with Crippen LogP contribution < -0.4 is 4.90 Å². The van der Waals surface area contributed by atoms with Gasteiger partial charge in [-0.15, -0.1) is 0 Å². The molecule has 0 amide bonds. The number of H-pyrrole nitrogens is 1. The number of aryl methyl sites for hydroxylation is 1. The molecule has 0 aliphatic rings. The van der Waals surface area contributed by atoms with Gasteiger partial charge in [0, 0.05) is 26.7 Å². The van der Waals surface area contributed by atoms with Crippen LogP contribution in [0.1, 0.15) is 19.2 Å². The summed E-state index contributed by atoms with van der Waals surface area (Å²) >= 11 is 0. The summed E-state index contributed by atoms with van der Waals surface area (Å²) in [6, 6.07) is 2.01. The molecule has 0 bridgehead atoms. The molecular formula is C11H16N4. The van der Waals surface area contributed by atoms with Gasteiger partial charge < -0.3 is 9.88 Å². The van der Waals surface area contributed by atoms with Crippen molar-refractivity contribution in [3.8, 4) is 0 Å². The molecule has 0 aliphatic carbocycles. The summed E-state index contributed by atoms with van der Waals surface area (Å²) in [5.74, 6) is 1.90. The van der Waals surface area contributed by atoms with Crippen molar-refractivity contribution in [2.45, 2.75) is 19.8 Å². The second-order valence-electron chi connectivity index (χ2n) is 3.85. The van der Waals surface area contributed by atoms with Gasteiger partial charge in [-0.25, -0.2) is 9.97 Å². The third-order valence-corrected chi connectivity index (χ3v) is 2.34. The quantitative estimate of drug-likeness (QED) is 0.831. The Balaban J connectivity index is 2.58. The van der Waals surface area contributed by atoms with E-state index in [0.717, 1.165) is 35.5 Å². The second-order valence-corrected chi connectivity index (χ2v) is 3.85. The van der Waals surface area contributed by atoms with Crippen LogP contribution in [0.2, 0.25) is 0 Å². The molecule has 2 rings (SSSR count). The van der Waals surface area contributed by atoms with Crippen LogP contribution in [-0.2, 0) is 6.42 Å². The number of aromatic nitrogens is 3. The number of rotatable bonds is 3. The average Bonchev–Trinajstić information content (AvgIpc) is 2.64. The molecule has 2 aromatic rings. The number of anilines is 1. The van der Waals surface area contributed by atoms with Gasteiger partial charge in [0.1, 0.15) is 17.3 Å². The van der Waals surface area contributed by atoms with Crippen molar-refractivity contribution in [2.75, 3.05) is 19.0 Å². The van der Waals surface area contributed by atoms with Crippen LogP contribution in [0.4, 0.5) is 5.82 Å². The molecule has 15 heavy (non-hydrogen) atoms. The van der Waals surface area contributed by atoms with Gasteiger partial charge in [0.15, 0.2) is 0 Å². The van der Waals surface area contributed by atoms with E-state index in [-0.39, 0.29) is 0 Å². The van der Waals surface area contributed by atoms with Crippen molar-refractivity contribution in [3.05, 3.63) is 18.1 Å². The molecule has 0 spiro atoms. The maximum absolute atomic E-state index is 4.56. The normalized spacial score (nSPS) is 10.9. The molecule has 2 heterocycles. The van der Waals surface area contributed by atoms with E-state index in [0.29, 0.717) is 0 Å². The lowest BCUT2D eigenvalue weighted by Crippen LogP contribution is -2.12. The predicted molar refractivity (Wildman–Crippen MR) is 62.2 cm³/mol. The number of aromatic amines is 1. The molecular weight excluding hydrogens is 188 g/mol. The standard InChI is InChI=1S/C11H16N4/c1-4-5-9-13-10-8(6-7-12-10)11(14-9)15(2)3/h6-7H,4-5H2,1-3H3,(H,12,13,14). The van der Waals surface area contributed by atoms with Crippen LogP contribution in [0, 0.1) is 0 Å². The summed E-state index contributed by atoms with van der Waals surface area (Å²) in [6.07, 6.45) is 3.90. The number of fused-ring (bicyclic) bond motifs is 1. The average molecular weight is 204 g/mol.